The van der Waals surface area contributed by atoms with Crippen LogP contribution in [0.15, 0.2) is 11.5 Å². The Morgan fingerprint density at radius 3 is 1.19 bits per heavy atom. The molecule has 1 aliphatic rings. The minimum absolute atomic E-state index is 0.0571. The number of carboxylic acids is 2. The molecule has 0 fully saturated rings. The lowest BCUT2D eigenvalue weighted by molar-refractivity contribution is -0.153. The van der Waals surface area contributed by atoms with Crippen LogP contribution in [0, 0.1) is 0 Å². The second-order valence-electron chi connectivity index (χ2n) is 3.04. The van der Waals surface area contributed by atoms with Crippen LogP contribution in [0.25, 0.3) is 0 Å². The fraction of sp³-hybridized carbons (Fsp3) is 0.400. The molecule has 11 heteroatoms. The Labute approximate surface area is 128 Å². The number of aliphatic carboxylic acids is 2. The standard InChI is InChI=1S/C4H2O5.2C3H5ClO2/c5-1-2(6)4(8)9-3(1)7;2*4-2-1-3(5)6/h5-6H;2*1-2H2,(H,5,6). The van der Waals surface area contributed by atoms with E-state index in [1.54, 1.807) is 0 Å². The number of carbonyl (C=O) groups excluding carboxylic acids is 2. The number of aliphatic hydroxyl groups is 2. The Bertz CT molecular complexity index is 392. The first kappa shape index (κ1) is 21.3. The minimum Gasteiger partial charge on any atom is -0.499 e. The van der Waals surface area contributed by atoms with Gasteiger partial charge in [-0.15, -0.1) is 23.2 Å². The average molecular weight is 347 g/mol. The van der Waals surface area contributed by atoms with Gasteiger partial charge in [0.2, 0.25) is 0 Å². The SMILES string of the molecule is O=C(O)CCCl.O=C(O)CCCl.O=C1OC(=O)C(O)=C1O. The molecule has 21 heavy (non-hydrogen) atoms. The van der Waals surface area contributed by atoms with Crippen molar-refractivity contribution in [3.8, 4) is 0 Å². The normalized spacial score (nSPS) is 12.7. The molecule has 120 valence electrons. The van der Waals surface area contributed by atoms with Crippen LogP contribution in [-0.4, -0.2) is 56.1 Å². The molecule has 0 aromatic heterocycles. The molecule has 0 aliphatic carbocycles. The summed E-state index contributed by atoms with van der Waals surface area (Å²) in [6.45, 7) is 0. The molecule has 1 aliphatic heterocycles. The lowest BCUT2D eigenvalue weighted by atomic mass is 10.4. The molecule has 9 nitrogen and oxygen atoms in total. The third-order valence-electron chi connectivity index (χ3n) is 1.41. The third kappa shape index (κ3) is 11.5. The zero-order valence-corrected chi connectivity index (χ0v) is 11.9. The monoisotopic (exact) mass is 346 g/mol. The molecule has 0 saturated carbocycles. The van der Waals surface area contributed by atoms with Crippen molar-refractivity contribution in [2.24, 2.45) is 0 Å². The predicted molar refractivity (Wildman–Crippen MR) is 69.3 cm³/mol. The van der Waals surface area contributed by atoms with Gasteiger partial charge in [-0.1, -0.05) is 0 Å². The van der Waals surface area contributed by atoms with Crippen LogP contribution in [0.4, 0.5) is 0 Å². The molecule has 0 aromatic rings. The van der Waals surface area contributed by atoms with E-state index < -0.39 is 35.4 Å². The second-order valence-corrected chi connectivity index (χ2v) is 3.80. The lowest BCUT2D eigenvalue weighted by Gasteiger charge is -1.82. The molecular weight excluding hydrogens is 335 g/mol. The van der Waals surface area contributed by atoms with Crippen molar-refractivity contribution in [1.82, 2.24) is 0 Å². The number of carboxylic acid groups (broad SMARTS) is 2. The van der Waals surface area contributed by atoms with Gasteiger partial charge in [-0.25, -0.2) is 9.59 Å². The van der Waals surface area contributed by atoms with Gasteiger partial charge < -0.3 is 25.2 Å². The number of rotatable bonds is 4. The highest BCUT2D eigenvalue weighted by molar-refractivity contribution is 6.19. The fourth-order valence-electron chi connectivity index (χ4n) is 0.536. The third-order valence-corrected chi connectivity index (χ3v) is 1.79. The number of halogens is 2. The Balaban J connectivity index is 0. The van der Waals surface area contributed by atoms with Crippen molar-refractivity contribution >= 4 is 47.1 Å². The van der Waals surface area contributed by atoms with Gasteiger partial charge in [-0.2, -0.15) is 0 Å². The van der Waals surface area contributed by atoms with Gasteiger partial charge in [-0.05, 0) is 0 Å². The topological polar surface area (TPSA) is 158 Å². The number of carbonyl (C=O) groups is 4. The maximum absolute atomic E-state index is 10.1. The molecule has 0 atom stereocenters. The van der Waals surface area contributed by atoms with Gasteiger partial charge in [0.1, 0.15) is 0 Å². The van der Waals surface area contributed by atoms with Crippen LogP contribution in [-0.2, 0) is 23.9 Å². The first-order valence-corrected chi connectivity index (χ1v) is 6.18. The summed E-state index contributed by atoms with van der Waals surface area (Å²) in [7, 11) is 0. The smallest absolute Gasteiger partial charge is 0.385 e. The van der Waals surface area contributed by atoms with Crippen LogP contribution in [0.2, 0.25) is 0 Å². The van der Waals surface area contributed by atoms with Crippen molar-refractivity contribution in [2.45, 2.75) is 12.8 Å². The molecule has 0 spiro atoms. The molecule has 0 amide bonds. The number of ether oxygens (including phenoxy) is 1. The maximum atomic E-state index is 10.1. The second kappa shape index (κ2) is 11.8. The number of cyclic esters (lactones) is 2. The quantitative estimate of drug-likeness (QED) is 0.328. The summed E-state index contributed by atoms with van der Waals surface area (Å²) in [6, 6.07) is 0. The van der Waals surface area contributed by atoms with Crippen molar-refractivity contribution in [1.29, 1.82) is 0 Å². The summed E-state index contributed by atoms with van der Waals surface area (Å²) in [5.41, 5.74) is 0. The Hall–Kier alpha value is -2.00. The molecule has 1 heterocycles. The summed E-state index contributed by atoms with van der Waals surface area (Å²) in [5.74, 6) is -5.75. The van der Waals surface area contributed by atoms with Crippen molar-refractivity contribution in [2.75, 3.05) is 11.8 Å². The number of hydrogen-bond donors (Lipinski definition) is 4. The highest BCUT2D eigenvalue weighted by Gasteiger charge is 2.32. The molecule has 0 unspecified atom stereocenters. The van der Waals surface area contributed by atoms with Crippen LogP contribution in [0.1, 0.15) is 12.8 Å². The maximum Gasteiger partial charge on any atom is 0.385 e. The van der Waals surface area contributed by atoms with Crippen molar-refractivity contribution < 1.29 is 44.3 Å². The van der Waals surface area contributed by atoms with E-state index in [-0.39, 0.29) is 24.6 Å². The zero-order valence-electron chi connectivity index (χ0n) is 10.4. The Kier molecular flexibility index (Phi) is 12.0. The predicted octanol–water partition coefficient (Wildman–Crippen LogP) is 0.797. The fourth-order valence-corrected chi connectivity index (χ4v) is 0.859. The van der Waals surface area contributed by atoms with Crippen molar-refractivity contribution in [3.05, 3.63) is 11.5 Å². The van der Waals surface area contributed by atoms with Gasteiger partial charge in [0, 0.05) is 11.8 Å². The van der Waals surface area contributed by atoms with Crippen LogP contribution in [0.5, 0.6) is 0 Å². The van der Waals surface area contributed by atoms with E-state index in [9.17, 15) is 19.2 Å². The molecule has 0 saturated heterocycles. The lowest BCUT2D eigenvalue weighted by Crippen LogP contribution is -2.01. The molecule has 0 bridgehead atoms. The molecule has 0 radical (unpaired) electrons. The summed E-state index contributed by atoms with van der Waals surface area (Å²) in [6.07, 6.45) is 0.114. The number of hydrogen-bond acceptors (Lipinski definition) is 7. The molecule has 1 rings (SSSR count). The van der Waals surface area contributed by atoms with Gasteiger partial charge in [0.25, 0.3) is 11.5 Å². The summed E-state index contributed by atoms with van der Waals surface area (Å²) in [4.78, 5) is 39.2. The highest BCUT2D eigenvalue weighted by atomic mass is 35.5. The first-order chi connectivity index (χ1) is 9.67. The van der Waals surface area contributed by atoms with Gasteiger partial charge in [0.05, 0.1) is 12.8 Å². The Morgan fingerprint density at radius 1 is 0.857 bits per heavy atom. The van der Waals surface area contributed by atoms with E-state index >= 15 is 0 Å². The van der Waals surface area contributed by atoms with Crippen LogP contribution < -0.4 is 0 Å². The molecular formula is C10H12Cl2O9. The van der Waals surface area contributed by atoms with Gasteiger partial charge >= 0.3 is 23.9 Å². The Morgan fingerprint density at radius 2 is 1.14 bits per heavy atom. The summed E-state index contributed by atoms with van der Waals surface area (Å²) >= 11 is 10.0. The molecule has 4 N–H and O–H groups in total. The number of aliphatic hydroxyl groups excluding tert-OH is 2. The highest BCUT2D eigenvalue weighted by Crippen LogP contribution is 2.10. The number of esters is 2. The van der Waals surface area contributed by atoms with E-state index in [2.05, 4.69) is 4.74 Å². The van der Waals surface area contributed by atoms with Crippen LogP contribution >= 0.6 is 23.2 Å². The van der Waals surface area contributed by atoms with Gasteiger partial charge in [-0.3, -0.25) is 9.59 Å². The average Bonchev–Trinajstić information content (AvgIpc) is 2.57. The summed E-state index contributed by atoms with van der Waals surface area (Å²) in [5, 5.41) is 32.4. The van der Waals surface area contributed by atoms with Gasteiger partial charge in [0.15, 0.2) is 0 Å². The zero-order chi connectivity index (χ0) is 17.0. The van der Waals surface area contributed by atoms with E-state index in [0.29, 0.717) is 0 Å². The largest absolute Gasteiger partial charge is 0.499 e. The first-order valence-electron chi connectivity index (χ1n) is 5.11. The van der Waals surface area contributed by atoms with E-state index in [4.69, 9.17) is 43.6 Å². The van der Waals surface area contributed by atoms with E-state index in [1.165, 1.54) is 0 Å². The van der Waals surface area contributed by atoms with Crippen molar-refractivity contribution in [3.63, 3.8) is 0 Å². The van der Waals surface area contributed by atoms with E-state index in [0.717, 1.165) is 0 Å². The molecule has 0 aromatic carbocycles. The number of alkyl halides is 2. The minimum atomic E-state index is -1.21. The van der Waals surface area contributed by atoms with Crippen LogP contribution in [0.3, 0.4) is 0 Å². The van der Waals surface area contributed by atoms with E-state index in [1.807, 2.05) is 0 Å². The summed E-state index contributed by atoms with van der Waals surface area (Å²) < 4.78 is 3.73.